The topological polar surface area (TPSA) is 38.7 Å². The van der Waals surface area contributed by atoms with Crippen LogP contribution in [0.3, 0.4) is 0 Å². The van der Waals surface area contributed by atoms with E-state index in [9.17, 15) is 0 Å². The fourth-order valence-corrected chi connectivity index (χ4v) is 0.846. The van der Waals surface area contributed by atoms with Crippen LogP contribution >= 0.6 is 11.6 Å². The van der Waals surface area contributed by atoms with E-state index >= 15 is 0 Å². The van der Waals surface area contributed by atoms with Crippen molar-refractivity contribution in [3.05, 3.63) is 0 Å². The highest BCUT2D eigenvalue weighted by Gasteiger charge is 2.23. The molecule has 0 radical (unpaired) electrons. The van der Waals surface area contributed by atoms with E-state index < -0.39 is 0 Å². The Bertz CT molecular complexity index is 78.3. The van der Waals surface area contributed by atoms with Crippen LogP contribution in [0, 0.1) is 0 Å². The monoisotopic (exact) mass is 152 g/mol. The van der Waals surface area contributed by atoms with E-state index in [1.54, 1.807) is 0 Å². The highest BCUT2D eigenvalue weighted by molar-refractivity contribution is 6.18. The lowest BCUT2D eigenvalue weighted by Gasteiger charge is -2.04. The molecule has 0 saturated carbocycles. The molecule has 0 aromatic rings. The van der Waals surface area contributed by atoms with E-state index in [2.05, 4.69) is 0 Å². The lowest BCUT2D eigenvalue weighted by molar-refractivity contribution is -0.0480. The highest BCUT2D eigenvalue weighted by atomic mass is 35.5. The summed E-state index contributed by atoms with van der Waals surface area (Å²) in [4.78, 5) is 0. The summed E-state index contributed by atoms with van der Waals surface area (Å²) >= 11 is 5.40. The largest absolute Gasteiger partial charge is 0.394 e. The number of aliphatic hydroxyl groups excluding tert-OH is 1. The molecule has 0 unspecified atom stereocenters. The van der Waals surface area contributed by atoms with Crippen molar-refractivity contribution < 1.29 is 14.6 Å². The zero-order valence-electron chi connectivity index (χ0n) is 4.92. The number of hydrogen-bond donors (Lipinski definition) is 1. The number of hydrogen-bond acceptors (Lipinski definition) is 3. The molecule has 3 nitrogen and oxygen atoms in total. The summed E-state index contributed by atoms with van der Waals surface area (Å²) < 4.78 is 10.0. The van der Waals surface area contributed by atoms with Crippen molar-refractivity contribution in [1.82, 2.24) is 0 Å². The SMILES string of the molecule is OC[C@@H]1CO[C@H](CCl)O1. The number of ether oxygens (including phenoxy) is 2. The first-order valence-corrected chi connectivity index (χ1v) is 3.34. The quantitative estimate of drug-likeness (QED) is 0.565. The Hall–Kier alpha value is 0.170. The second-order valence-corrected chi connectivity index (χ2v) is 2.17. The molecule has 1 aliphatic heterocycles. The minimum absolute atomic E-state index is 0.00733. The molecule has 1 N–H and O–H groups in total. The molecular weight excluding hydrogens is 144 g/mol. The molecule has 1 saturated heterocycles. The molecule has 0 aliphatic carbocycles. The Balaban J connectivity index is 2.20. The summed E-state index contributed by atoms with van der Waals surface area (Å²) in [6, 6.07) is 0. The van der Waals surface area contributed by atoms with Crippen LogP contribution in [0.4, 0.5) is 0 Å². The van der Waals surface area contributed by atoms with Gasteiger partial charge in [0.05, 0.1) is 19.1 Å². The van der Waals surface area contributed by atoms with Crippen molar-refractivity contribution in [2.45, 2.75) is 12.4 Å². The summed E-state index contributed by atoms with van der Waals surface area (Å²) in [5.41, 5.74) is 0. The van der Waals surface area contributed by atoms with Crippen LogP contribution in [0.25, 0.3) is 0 Å². The predicted molar refractivity (Wildman–Crippen MR) is 32.4 cm³/mol. The lowest BCUT2D eigenvalue weighted by Crippen LogP contribution is -2.16. The average molecular weight is 153 g/mol. The molecule has 9 heavy (non-hydrogen) atoms. The van der Waals surface area contributed by atoms with E-state index in [0.29, 0.717) is 12.5 Å². The molecular formula is C5H9ClO3. The summed E-state index contributed by atoms with van der Waals surface area (Å²) in [5.74, 6) is 0.330. The highest BCUT2D eigenvalue weighted by Crippen LogP contribution is 2.11. The number of halogens is 1. The third-order valence-electron chi connectivity index (χ3n) is 1.14. The van der Waals surface area contributed by atoms with Gasteiger partial charge in [0.15, 0.2) is 6.29 Å². The molecule has 1 rings (SSSR count). The smallest absolute Gasteiger partial charge is 0.171 e. The summed E-state index contributed by atoms with van der Waals surface area (Å²) in [7, 11) is 0. The van der Waals surface area contributed by atoms with Gasteiger partial charge >= 0.3 is 0 Å². The van der Waals surface area contributed by atoms with Crippen LogP contribution in [-0.4, -0.2) is 36.6 Å². The van der Waals surface area contributed by atoms with Crippen molar-refractivity contribution in [3.8, 4) is 0 Å². The molecule has 0 bridgehead atoms. The summed E-state index contributed by atoms with van der Waals surface area (Å²) in [6.07, 6.45) is -0.488. The standard InChI is InChI=1S/C5H9ClO3/c6-1-5-8-3-4(2-7)9-5/h4-5,7H,1-3H2/t4-,5+/m1/s1. The van der Waals surface area contributed by atoms with Gasteiger partial charge in [-0.2, -0.15) is 0 Å². The Labute approximate surface area is 58.5 Å². The summed E-state index contributed by atoms with van der Waals surface area (Å²) in [5, 5.41) is 8.53. The minimum Gasteiger partial charge on any atom is -0.394 e. The van der Waals surface area contributed by atoms with Gasteiger partial charge in [-0.15, -0.1) is 11.6 Å². The Morgan fingerprint density at radius 2 is 2.44 bits per heavy atom. The number of rotatable bonds is 2. The van der Waals surface area contributed by atoms with Gasteiger partial charge in [-0.25, -0.2) is 0 Å². The zero-order chi connectivity index (χ0) is 6.69. The van der Waals surface area contributed by atoms with Crippen LogP contribution in [0.2, 0.25) is 0 Å². The van der Waals surface area contributed by atoms with Crippen LogP contribution < -0.4 is 0 Å². The molecule has 1 heterocycles. The van der Waals surface area contributed by atoms with Gasteiger partial charge in [0.2, 0.25) is 0 Å². The second kappa shape index (κ2) is 3.37. The maximum atomic E-state index is 8.53. The second-order valence-electron chi connectivity index (χ2n) is 1.86. The average Bonchev–Trinajstić information content (AvgIpc) is 2.34. The molecule has 1 fully saturated rings. The van der Waals surface area contributed by atoms with Crippen molar-refractivity contribution >= 4 is 11.6 Å². The maximum absolute atomic E-state index is 8.53. The first-order chi connectivity index (χ1) is 4.36. The van der Waals surface area contributed by atoms with Gasteiger partial charge in [0.1, 0.15) is 6.10 Å². The van der Waals surface area contributed by atoms with Gasteiger partial charge in [-0.1, -0.05) is 0 Å². The first-order valence-electron chi connectivity index (χ1n) is 2.80. The van der Waals surface area contributed by atoms with Crippen molar-refractivity contribution in [3.63, 3.8) is 0 Å². The van der Waals surface area contributed by atoms with E-state index in [1.165, 1.54) is 0 Å². The first kappa shape index (κ1) is 7.28. The van der Waals surface area contributed by atoms with Gasteiger partial charge in [-0.05, 0) is 0 Å². The third-order valence-corrected chi connectivity index (χ3v) is 1.39. The maximum Gasteiger partial charge on any atom is 0.171 e. The van der Waals surface area contributed by atoms with Gasteiger partial charge in [0.25, 0.3) is 0 Å². The van der Waals surface area contributed by atoms with Gasteiger partial charge in [-0.3, -0.25) is 0 Å². The molecule has 0 aromatic heterocycles. The van der Waals surface area contributed by atoms with Gasteiger partial charge < -0.3 is 14.6 Å². The fourth-order valence-electron chi connectivity index (χ4n) is 0.685. The fraction of sp³-hybridized carbons (Fsp3) is 1.00. The van der Waals surface area contributed by atoms with Crippen LogP contribution in [0.5, 0.6) is 0 Å². The Morgan fingerprint density at radius 1 is 1.67 bits per heavy atom. The molecule has 1 aliphatic rings. The van der Waals surface area contributed by atoms with Crippen LogP contribution in [-0.2, 0) is 9.47 Å². The van der Waals surface area contributed by atoms with Crippen molar-refractivity contribution in [1.29, 1.82) is 0 Å². The Kier molecular flexibility index (Phi) is 2.72. The van der Waals surface area contributed by atoms with E-state index in [4.69, 9.17) is 26.2 Å². The molecule has 2 atom stereocenters. The molecule has 54 valence electrons. The van der Waals surface area contributed by atoms with E-state index in [-0.39, 0.29) is 19.0 Å². The minimum atomic E-state index is -0.316. The predicted octanol–water partition coefficient (Wildman–Crippen LogP) is -0.0410. The van der Waals surface area contributed by atoms with Crippen LogP contribution in [0.15, 0.2) is 0 Å². The zero-order valence-corrected chi connectivity index (χ0v) is 5.67. The van der Waals surface area contributed by atoms with Crippen molar-refractivity contribution in [2.75, 3.05) is 19.1 Å². The van der Waals surface area contributed by atoms with Crippen molar-refractivity contribution in [2.24, 2.45) is 0 Å². The number of aliphatic hydroxyl groups is 1. The Morgan fingerprint density at radius 3 is 2.78 bits per heavy atom. The third kappa shape index (κ3) is 1.79. The van der Waals surface area contributed by atoms with Crippen LogP contribution in [0.1, 0.15) is 0 Å². The molecule has 4 heteroatoms. The molecule has 0 spiro atoms. The normalized spacial score (nSPS) is 35.3. The molecule has 0 amide bonds. The molecule has 0 aromatic carbocycles. The van der Waals surface area contributed by atoms with E-state index in [1.807, 2.05) is 0 Å². The number of alkyl halides is 1. The lowest BCUT2D eigenvalue weighted by atomic mass is 10.4. The van der Waals surface area contributed by atoms with Gasteiger partial charge in [0, 0.05) is 0 Å². The summed E-state index contributed by atoms with van der Waals surface area (Å²) in [6.45, 7) is 0.460. The van der Waals surface area contributed by atoms with E-state index in [0.717, 1.165) is 0 Å².